The number of hydrogen-bond donors (Lipinski definition) is 1. The number of nitrogens with zero attached hydrogens (tertiary/aromatic N) is 1. The molecule has 0 aliphatic heterocycles. The van der Waals surface area contributed by atoms with Crippen LogP contribution in [0.5, 0.6) is 0 Å². The molecule has 0 radical (unpaired) electrons. The predicted octanol–water partition coefficient (Wildman–Crippen LogP) is 4.06. The first-order valence-corrected chi connectivity index (χ1v) is 11.6. The molecule has 6 nitrogen and oxygen atoms in total. The van der Waals surface area contributed by atoms with Crippen molar-refractivity contribution in [3.63, 3.8) is 0 Å². The first kappa shape index (κ1) is 22.7. The number of nitrogens with one attached hydrogen (secondary N) is 1. The fourth-order valence-electron chi connectivity index (χ4n) is 4.06. The number of H-pyrrole nitrogens is 1. The Balaban J connectivity index is 1.52. The Morgan fingerprint density at radius 3 is 2.28 bits per heavy atom. The molecule has 4 rings (SSSR count). The topological polar surface area (TPSA) is 73.3 Å². The summed E-state index contributed by atoms with van der Waals surface area (Å²) >= 11 is 1.94. The van der Waals surface area contributed by atoms with Crippen LogP contribution < -0.4 is 11.2 Å². The maximum atomic E-state index is 12.5. The zero-order valence-electron chi connectivity index (χ0n) is 17.6. The SMILES string of the molecule is C=C1[C@H](COCc2ccccc2)[C@@H](OCc2ccccc2)C[C@@H]1n1cc(I)c(=O)[nH]c1=O. The van der Waals surface area contributed by atoms with Gasteiger partial charge in [-0.05, 0) is 45.7 Å². The van der Waals surface area contributed by atoms with E-state index in [1.54, 1.807) is 10.8 Å². The number of rotatable bonds is 8. The molecule has 2 aromatic carbocycles. The minimum atomic E-state index is -0.436. The van der Waals surface area contributed by atoms with Crippen molar-refractivity contribution in [3.8, 4) is 0 Å². The van der Waals surface area contributed by atoms with E-state index in [2.05, 4.69) is 11.6 Å². The Bertz CT molecular complexity index is 1170. The highest BCUT2D eigenvalue weighted by atomic mass is 127. The van der Waals surface area contributed by atoms with E-state index in [1.165, 1.54) is 0 Å². The van der Waals surface area contributed by atoms with Crippen molar-refractivity contribution in [3.05, 3.63) is 115 Å². The molecule has 1 aromatic heterocycles. The molecular formula is C25H25IN2O4. The van der Waals surface area contributed by atoms with Crippen molar-refractivity contribution >= 4 is 22.6 Å². The number of aromatic amines is 1. The molecule has 3 aromatic rings. The molecular weight excluding hydrogens is 519 g/mol. The van der Waals surface area contributed by atoms with Crippen molar-refractivity contribution in [1.82, 2.24) is 9.55 Å². The van der Waals surface area contributed by atoms with E-state index in [-0.39, 0.29) is 23.6 Å². The third-order valence-electron chi connectivity index (χ3n) is 5.78. The van der Waals surface area contributed by atoms with Gasteiger partial charge < -0.3 is 9.47 Å². The molecule has 0 unspecified atom stereocenters. The summed E-state index contributed by atoms with van der Waals surface area (Å²) in [6, 6.07) is 19.7. The Kier molecular flexibility index (Phi) is 7.39. The van der Waals surface area contributed by atoms with E-state index in [9.17, 15) is 9.59 Å². The predicted molar refractivity (Wildman–Crippen MR) is 131 cm³/mol. The van der Waals surface area contributed by atoms with Crippen LogP contribution in [-0.2, 0) is 22.7 Å². The average Bonchev–Trinajstić information content (AvgIpc) is 3.11. The van der Waals surface area contributed by atoms with Crippen LogP contribution in [0.3, 0.4) is 0 Å². The highest BCUT2D eigenvalue weighted by Crippen LogP contribution is 2.40. The number of hydrogen-bond acceptors (Lipinski definition) is 4. The van der Waals surface area contributed by atoms with Gasteiger partial charge in [-0.1, -0.05) is 67.2 Å². The summed E-state index contributed by atoms with van der Waals surface area (Å²) in [4.78, 5) is 26.7. The molecule has 1 saturated carbocycles. The molecule has 1 aliphatic carbocycles. The van der Waals surface area contributed by atoms with Crippen molar-refractivity contribution in [2.75, 3.05) is 6.61 Å². The Morgan fingerprint density at radius 1 is 1.00 bits per heavy atom. The lowest BCUT2D eigenvalue weighted by molar-refractivity contribution is -0.0122. The number of aromatic nitrogens is 2. The fourth-order valence-corrected chi connectivity index (χ4v) is 4.49. The molecule has 1 fully saturated rings. The van der Waals surface area contributed by atoms with Crippen LogP contribution in [0.2, 0.25) is 0 Å². The van der Waals surface area contributed by atoms with Crippen LogP contribution in [0.1, 0.15) is 23.6 Å². The summed E-state index contributed by atoms with van der Waals surface area (Å²) in [5.41, 5.74) is 2.24. The fraction of sp³-hybridized carbons (Fsp3) is 0.280. The molecule has 32 heavy (non-hydrogen) atoms. The minimum absolute atomic E-state index is 0.0658. The molecule has 1 N–H and O–H groups in total. The first-order valence-electron chi connectivity index (χ1n) is 10.5. The second kappa shape index (κ2) is 10.4. The molecule has 0 saturated heterocycles. The summed E-state index contributed by atoms with van der Waals surface area (Å²) in [7, 11) is 0. The summed E-state index contributed by atoms with van der Waals surface area (Å²) in [5, 5.41) is 0. The number of halogens is 1. The van der Waals surface area contributed by atoms with Gasteiger partial charge in [0.2, 0.25) is 0 Å². The molecule has 3 atom stereocenters. The van der Waals surface area contributed by atoms with Gasteiger partial charge >= 0.3 is 5.69 Å². The van der Waals surface area contributed by atoms with Gasteiger partial charge in [-0.3, -0.25) is 14.3 Å². The van der Waals surface area contributed by atoms with Crippen LogP contribution in [0, 0.1) is 9.49 Å². The largest absolute Gasteiger partial charge is 0.376 e. The van der Waals surface area contributed by atoms with Gasteiger partial charge in [-0.2, -0.15) is 0 Å². The van der Waals surface area contributed by atoms with Crippen molar-refractivity contribution in [1.29, 1.82) is 0 Å². The highest BCUT2D eigenvalue weighted by Gasteiger charge is 2.40. The molecule has 166 valence electrons. The quantitative estimate of drug-likeness (QED) is 0.343. The summed E-state index contributed by atoms with van der Waals surface area (Å²) < 4.78 is 14.3. The zero-order valence-corrected chi connectivity index (χ0v) is 19.7. The maximum Gasteiger partial charge on any atom is 0.328 e. The van der Waals surface area contributed by atoms with Crippen LogP contribution in [0.15, 0.2) is 88.6 Å². The lowest BCUT2D eigenvalue weighted by Gasteiger charge is -2.21. The second-order valence-corrected chi connectivity index (χ2v) is 9.07. The molecule has 1 heterocycles. The standard InChI is InChI=1S/C25H25IN2O4/c1-17-20(16-31-14-18-8-4-2-5-9-18)23(32-15-19-10-6-3-7-11-19)12-22(17)28-13-21(26)24(29)27-25(28)30/h2-11,13,20,22-23H,1,12,14-16H2,(H,27,29,30)/t20-,22-,23-/m0/s1. The highest BCUT2D eigenvalue weighted by molar-refractivity contribution is 14.1. The van der Waals surface area contributed by atoms with Gasteiger partial charge in [0.25, 0.3) is 5.56 Å². The van der Waals surface area contributed by atoms with Gasteiger partial charge in [0.05, 0.1) is 35.5 Å². The smallest absolute Gasteiger partial charge is 0.328 e. The van der Waals surface area contributed by atoms with E-state index in [1.807, 2.05) is 83.3 Å². The zero-order chi connectivity index (χ0) is 22.5. The summed E-state index contributed by atoms with van der Waals surface area (Å²) in [6.45, 7) is 5.71. The van der Waals surface area contributed by atoms with Crippen molar-refractivity contribution < 1.29 is 9.47 Å². The van der Waals surface area contributed by atoms with Crippen LogP contribution in [0.4, 0.5) is 0 Å². The summed E-state index contributed by atoms with van der Waals surface area (Å²) in [6.07, 6.45) is 2.03. The molecule has 0 amide bonds. The van der Waals surface area contributed by atoms with E-state index in [0.29, 0.717) is 29.8 Å². The Hall–Kier alpha value is -2.49. The first-order chi connectivity index (χ1) is 15.5. The Morgan fingerprint density at radius 2 is 1.62 bits per heavy atom. The van der Waals surface area contributed by atoms with Crippen molar-refractivity contribution in [2.24, 2.45) is 5.92 Å². The van der Waals surface area contributed by atoms with Crippen LogP contribution in [0.25, 0.3) is 0 Å². The van der Waals surface area contributed by atoms with E-state index >= 15 is 0 Å². The van der Waals surface area contributed by atoms with Crippen LogP contribution in [-0.4, -0.2) is 22.3 Å². The molecule has 0 bridgehead atoms. The number of ether oxygens (including phenoxy) is 2. The van der Waals surface area contributed by atoms with E-state index in [4.69, 9.17) is 9.47 Å². The maximum absolute atomic E-state index is 12.5. The van der Waals surface area contributed by atoms with Crippen molar-refractivity contribution in [2.45, 2.75) is 31.8 Å². The van der Waals surface area contributed by atoms with Gasteiger partial charge in [0.15, 0.2) is 0 Å². The third-order valence-corrected chi connectivity index (χ3v) is 6.55. The molecule has 0 spiro atoms. The average molecular weight is 544 g/mol. The van der Waals surface area contributed by atoms with Gasteiger partial charge in [-0.15, -0.1) is 0 Å². The third kappa shape index (κ3) is 5.28. The number of benzene rings is 2. The second-order valence-electron chi connectivity index (χ2n) is 7.91. The van der Waals surface area contributed by atoms with E-state index in [0.717, 1.165) is 16.7 Å². The van der Waals surface area contributed by atoms with Gasteiger partial charge in [0.1, 0.15) is 0 Å². The monoisotopic (exact) mass is 544 g/mol. The molecule has 7 heteroatoms. The van der Waals surface area contributed by atoms with Crippen LogP contribution >= 0.6 is 22.6 Å². The van der Waals surface area contributed by atoms with E-state index < -0.39 is 5.69 Å². The van der Waals surface area contributed by atoms with Gasteiger partial charge in [0, 0.05) is 12.1 Å². The summed E-state index contributed by atoms with van der Waals surface area (Å²) in [5.74, 6) is -0.0658. The minimum Gasteiger partial charge on any atom is -0.376 e. The lowest BCUT2D eigenvalue weighted by atomic mass is 10.0. The Labute approximate surface area is 200 Å². The normalized spacial score (nSPS) is 20.5. The lowest BCUT2D eigenvalue weighted by Crippen LogP contribution is -2.33. The van der Waals surface area contributed by atoms with Gasteiger partial charge in [-0.25, -0.2) is 4.79 Å². The molecule has 1 aliphatic rings.